The van der Waals surface area contributed by atoms with E-state index in [1.165, 1.54) is 13.2 Å². The first-order valence-electron chi connectivity index (χ1n) is 5.75. The molecule has 1 heterocycles. The molecule has 100 valence electrons. The van der Waals surface area contributed by atoms with Crippen LogP contribution in [-0.4, -0.2) is 31.2 Å². The molecule has 0 saturated heterocycles. The van der Waals surface area contributed by atoms with Crippen molar-refractivity contribution in [2.24, 2.45) is 0 Å². The quantitative estimate of drug-likeness (QED) is 0.618. The number of H-pyrrole nitrogens is 1. The molecular weight excluding hydrogens is 248 g/mol. The molecule has 0 aliphatic carbocycles. The molecule has 6 heteroatoms. The molecule has 1 aromatic heterocycles. The first-order chi connectivity index (χ1) is 9.22. The zero-order chi connectivity index (χ0) is 13.7. The summed E-state index contributed by atoms with van der Waals surface area (Å²) in [6.45, 7) is 0.606. The van der Waals surface area contributed by atoms with E-state index >= 15 is 0 Å². The van der Waals surface area contributed by atoms with Gasteiger partial charge in [-0.25, -0.2) is 5.48 Å². The number of methoxy groups -OCH3 is 1. The lowest BCUT2D eigenvalue weighted by atomic mass is 10.2. The topological polar surface area (TPSA) is 80.4 Å². The van der Waals surface area contributed by atoms with Crippen LogP contribution in [0.15, 0.2) is 35.1 Å². The number of aromatic nitrogens is 1. The van der Waals surface area contributed by atoms with Crippen LogP contribution in [0.25, 0.3) is 10.9 Å². The molecule has 0 spiro atoms. The standard InChI is InChI=1S/C13H14N2O4/c1-18-6-7-19-15-13(17)11-8-12(16)9-4-2-3-5-10(9)14-11/h2-5,8H,6-7H2,1H3,(H,14,16)(H,15,17). The van der Waals surface area contributed by atoms with Crippen molar-refractivity contribution >= 4 is 16.8 Å². The molecule has 1 amide bonds. The van der Waals surface area contributed by atoms with Crippen LogP contribution in [-0.2, 0) is 9.57 Å². The number of aromatic amines is 1. The largest absolute Gasteiger partial charge is 0.382 e. The fourth-order valence-corrected chi connectivity index (χ4v) is 1.62. The molecule has 2 N–H and O–H groups in total. The third-order valence-corrected chi connectivity index (χ3v) is 2.54. The highest BCUT2D eigenvalue weighted by Gasteiger charge is 2.09. The summed E-state index contributed by atoms with van der Waals surface area (Å²) in [4.78, 5) is 31.4. The Hall–Kier alpha value is -2.18. The summed E-state index contributed by atoms with van der Waals surface area (Å²) >= 11 is 0. The molecule has 0 radical (unpaired) electrons. The highest BCUT2D eigenvalue weighted by Crippen LogP contribution is 2.07. The second kappa shape index (κ2) is 6.12. The van der Waals surface area contributed by atoms with Crippen molar-refractivity contribution in [3.05, 3.63) is 46.2 Å². The highest BCUT2D eigenvalue weighted by atomic mass is 16.7. The fourth-order valence-electron chi connectivity index (χ4n) is 1.62. The molecule has 0 bridgehead atoms. The van der Waals surface area contributed by atoms with Crippen LogP contribution in [0.2, 0.25) is 0 Å². The molecule has 2 aromatic rings. The van der Waals surface area contributed by atoms with Gasteiger partial charge in [-0.05, 0) is 12.1 Å². The van der Waals surface area contributed by atoms with Gasteiger partial charge in [0.15, 0.2) is 5.43 Å². The van der Waals surface area contributed by atoms with E-state index in [0.717, 1.165) is 0 Å². The van der Waals surface area contributed by atoms with Crippen LogP contribution in [0.3, 0.4) is 0 Å². The van der Waals surface area contributed by atoms with Crippen molar-refractivity contribution in [1.29, 1.82) is 0 Å². The normalized spacial score (nSPS) is 10.6. The van der Waals surface area contributed by atoms with Crippen LogP contribution in [0.4, 0.5) is 0 Å². The zero-order valence-electron chi connectivity index (χ0n) is 10.4. The Morgan fingerprint density at radius 3 is 2.89 bits per heavy atom. The van der Waals surface area contributed by atoms with E-state index in [0.29, 0.717) is 17.5 Å². The monoisotopic (exact) mass is 262 g/mol. The molecule has 0 atom stereocenters. The minimum Gasteiger partial charge on any atom is -0.382 e. The lowest BCUT2D eigenvalue weighted by Crippen LogP contribution is -2.27. The molecule has 0 unspecified atom stereocenters. The molecule has 2 rings (SSSR count). The molecule has 0 saturated carbocycles. The Balaban J connectivity index is 2.16. The van der Waals surface area contributed by atoms with Crippen LogP contribution in [0, 0.1) is 0 Å². The molecular formula is C13H14N2O4. The van der Waals surface area contributed by atoms with Crippen molar-refractivity contribution in [3.8, 4) is 0 Å². The number of hydrogen-bond donors (Lipinski definition) is 2. The van der Waals surface area contributed by atoms with Crippen LogP contribution < -0.4 is 10.9 Å². The summed E-state index contributed by atoms with van der Waals surface area (Å²) in [5.41, 5.74) is 2.79. The SMILES string of the molecule is COCCONC(=O)c1cc(=O)c2ccccc2[nH]1. The number of nitrogens with one attached hydrogen (secondary N) is 2. The van der Waals surface area contributed by atoms with E-state index in [9.17, 15) is 9.59 Å². The molecule has 19 heavy (non-hydrogen) atoms. The third-order valence-electron chi connectivity index (χ3n) is 2.54. The summed E-state index contributed by atoms with van der Waals surface area (Å²) in [5.74, 6) is -0.501. The molecule has 0 fully saturated rings. The highest BCUT2D eigenvalue weighted by molar-refractivity contribution is 5.94. The van der Waals surface area contributed by atoms with Gasteiger partial charge in [0.1, 0.15) is 5.69 Å². The summed E-state index contributed by atoms with van der Waals surface area (Å²) < 4.78 is 4.77. The number of ether oxygens (including phenoxy) is 1. The molecule has 0 aliphatic rings. The summed E-state index contributed by atoms with van der Waals surface area (Å²) in [6.07, 6.45) is 0. The number of carbonyl (C=O) groups is 1. The van der Waals surface area contributed by atoms with Crippen molar-refractivity contribution in [2.45, 2.75) is 0 Å². The second-order valence-corrected chi connectivity index (χ2v) is 3.87. The number of amides is 1. The maximum Gasteiger partial charge on any atom is 0.291 e. The zero-order valence-corrected chi connectivity index (χ0v) is 10.4. The smallest absolute Gasteiger partial charge is 0.291 e. The number of carbonyl (C=O) groups excluding carboxylic acids is 1. The first kappa shape index (κ1) is 13.3. The Kier molecular flexibility index (Phi) is 4.27. The number of para-hydroxylation sites is 1. The Bertz CT molecular complexity index is 636. The average Bonchev–Trinajstić information content (AvgIpc) is 2.43. The van der Waals surface area contributed by atoms with Gasteiger partial charge in [0.05, 0.1) is 13.2 Å². The number of benzene rings is 1. The lowest BCUT2D eigenvalue weighted by molar-refractivity contribution is 0.00859. The number of hydrogen-bond acceptors (Lipinski definition) is 4. The fraction of sp³-hybridized carbons (Fsp3) is 0.231. The molecule has 6 nitrogen and oxygen atoms in total. The van der Waals surface area contributed by atoms with Crippen molar-refractivity contribution in [3.63, 3.8) is 0 Å². The van der Waals surface area contributed by atoms with Crippen molar-refractivity contribution < 1.29 is 14.4 Å². The van der Waals surface area contributed by atoms with Crippen molar-refractivity contribution in [1.82, 2.24) is 10.5 Å². The second-order valence-electron chi connectivity index (χ2n) is 3.87. The number of fused-ring (bicyclic) bond motifs is 1. The van der Waals surface area contributed by atoms with Gasteiger partial charge in [-0.3, -0.25) is 14.4 Å². The van der Waals surface area contributed by atoms with E-state index in [1.54, 1.807) is 24.3 Å². The van der Waals surface area contributed by atoms with E-state index < -0.39 is 5.91 Å². The van der Waals surface area contributed by atoms with Gasteiger partial charge in [-0.2, -0.15) is 0 Å². The summed E-state index contributed by atoms with van der Waals surface area (Å²) in [6, 6.07) is 8.24. The third kappa shape index (κ3) is 3.18. The van der Waals surface area contributed by atoms with E-state index in [-0.39, 0.29) is 17.7 Å². The Morgan fingerprint density at radius 2 is 2.11 bits per heavy atom. The van der Waals surface area contributed by atoms with Gasteiger partial charge in [0.2, 0.25) is 0 Å². The van der Waals surface area contributed by atoms with Gasteiger partial charge in [-0.1, -0.05) is 12.1 Å². The summed E-state index contributed by atoms with van der Waals surface area (Å²) in [7, 11) is 1.53. The number of pyridine rings is 1. The van der Waals surface area contributed by atoms with E-state index in [4.69, 9.17) is 9.57 Å². The van der Waals surface area contributed by atoms with E-state index in [2.05, 4.69) is 10.5 Å². The number of rotatable bonds is 5. The Labute approximate surface area is 109 Å². The van der Waals surface area contributed by atoms with Gasteiger partial charge in [-0.15, -0.1) is 0 Å². The van der Waals surface area contributed by atoms with Crippen LogP contribution in [0.1, 0.15) is 10.5 Å². The van der Waals surface area contributed by atoms with E-state index in [1.807, 2.05) is 0 Å². The predicted molar refractivity (Wildman–Crippen MR) is 69.9 cm³/mol. The minimum atomic E-state index is -0.501. The molecule has 1 aromatic carbocycles. The molecule has 0 aliphatic heterocycles. The number of hydroxylamine groups is 1. The maximum atomic E-state index is 11.8. The lowest BCUT2D eigenvalue weighted by Gasteiger charge is -2.06. The maximum absolute atomic E-state index is 11.8. The van der Waals surface area contributed by atoms with Gasteiger partial charge in [0.25, 0.3) is 5.91 Å². The minimum absolute atomic E-state index is 0.154. The van der Waals surface area contributed by atoms with Gasteiger partial charge in [0, 0.05) is 24.1 Å². The van der Waals surface area contributed by atoms with Gasteiger partial charge >= 0.3 is 0 Å². The average molecular weight is 262 g/mol. The van der Waals surface area contributed by atoms with Crippen LogP contribution >= 0.6 is 0 Å². The summed E-state index contributed by atoms with van der Waals surface area (Å²) in [5, 5.41) is 0.541. The first-order valence-corrected chi connectivity index (χ1v) is 5.75. The Morgan fingerprint density at radius 1 is 1.32 bits per heavy atom. The predicted octanol–water partition coefficient (Wildman–Crippen LogP) is 0.836. The van der Waals surface area contributed by atoms with Crippen molar-refractivity contribution in [2.75, 3.05) is 20.3 Å². The van der Waals surface area contributed by atoms with Gasteiger partial charge < -0.3 is 9.72 Å². The van der Waals surface area contributed by atoms with Crippen LogP contribution in [0.5, 0.6) is 0 Å².